The maximum atomic E-state index is 14.0. The number of anilines is 1. The predicted octanol–water partition coefficient (Wildman–Crippen LogP) is 3.34. The molecule has 7 heteroatoms. The molecule has 0 saturated heterocycles. The van der Waals surface area contributed by atoms with Gasteiger partial charge in [0.1, 0.15) is 24.0 Å². The van der Waals surface area contributed by atoms with Gasteiger partial charge in [-0.3, -0.25) is 4.79 Å². The number of carbonyl (C=O) groups is 1. The first kappa shape index (κ1) is 15.7. The molecular weight excluding hydrogens is 370 g/mol. The fourth-order valence-corrected chi connectivity index (χ4v) is 2.85. The van der Waals surface area contributed by atoms with Crippen LogP contribution in [0.15, 0.2) is 34.8 Å². The Morgan fingerprint density at radius 3 is 2.78 bits per heavy atom. The van der Waals surface area contributed by atoms with Crippen molar-refractivity contribution >= 4 is 27.5 Å². The second-order valence-corrected chi connectivity index (χ2v) is 6.09. The molecule has 2 aromatic carbocycles. The van der Waals surface area contributed by atoms with Crippen molar-refractivity contribution in [3.8, 4) is 5.75 Å². The molecule has 0 saturated carbocycles. The van der Waals surface area contributed by atoms with Crippen LogP contribution in [-0.2, 0) is 6.54 Å². The Morgan fingerprint density at radius 1 is 1.26 bits per heavy atom. The lowest BCUT2D eigenvalue weighted by atomic mass is 10.1. The van der Waals surface area contributed by atoms with Crippen molar-refractivity contribution in [2.24, 2.45) is 0 Å². The average molecular weight is 383 g/mol. The van der Waals surface area contributed by atoms with Crippen LogP contribution in [0, 0.1) is 11.6 Å². The molecule has 1 amide bonds. The van der Waals surface area contributed by atoms with Gasteiger partial charge in [0.2, 0.25) is 0 Å². The van der Waals surface area contributed by atoms with Gasteiger partial charge < -0.3 is 15.4 Å². The summed E-state index contributed by atoms with van der Waals surface area (Å²) in [5, 5.41) is 0. The molecule has 0 bridgehead atoms. The number of carbonyl (C=O) groups excluding carboxylic acids is 1. The van der Waals surface area contributed by atoms with Crippen molar-refractivity contribution in [1.82, 2.24) is 4.90 Å². The van der Waals surface area contributed by atoms with E-state index in [9.17, 15) is 13.6 Å². The molecule has 1 heterocycles. The van der Waals surface area contributed by atoms with E-state index >= 15 is 0 Å². The lowest BCUT2D eigenvalue weighted by Gasteiger charge is -2.21. The highest BCUT2D eigenvalue weighted by atomic mass is 79.9. The van der Waals surface area contributed by atoms with Gasteiger partial charge in [-0.2, -0.15) is 0 Å². The first-order valence-corrected chi connectivity index (χ1v) is 7.70. The SMILES string of the molecule is Nc1cc(Br)ccc1C(=O)N1CCOc2cc(F)cc(F)c2C1. The minimum Gasteiger partial charge on any atom is -0.491 e. The van der Waals surface area contributed by atoms with Gasteiger partial charge >= 0.3 is 0 Å². The van der Waals surface area contributed by atoms with E-state index in [1.54, 1.807) is 18.2 Å². The lowest BCUT2D eigenvalue weighted by Crippen LogP contribution is -2.33. The maximum absolute atomic E-state index is 14.0. The fourth-order valence-electron chi connectivity index (χ4n) is 2.47. The number of hydrogen-bond donors (Lipinski definition) is 1. The van der Waals surface area contributed by atoms with Gasteiger partial charge in [-0.15, -0.1) is 0 Å². The number of fused-ring (bicyclic) bond motifs is 1. The van der Waals surface area contributed by atoms with E-state index in [1.807, 2.05) is 0 Å². The van der Waals surface area contributed by atoms with Gasteiger partial charge in [0.15, 0.2) is 0 Å². The highest BCUT2D eigenvalue weighted by molar-refractivity contribution is 9.10. The Bertz CT molecular complexity index is 783. The van der Waals surface area contributed by atoms with Crippen LogP contribution in [0.5, 0.6) is 5.75 Å². The van der Waals surface area contributed by atoms with Gasteiger partial charge in [0, 0.05) is 27.9 Å². The zero-order valence-electron chi connectivity index (χ0n) is 12.0. The molecule has 0 fully saturated rings. The summed E-state index contributed by atoms with van der Waals surface area (Å²) in [6.07, 6.45) is 0. The van der Waals surface area contributed by atoms with E-state index in [0.29, 0.717) is 11.3 Å². The van der Waals surface area contributed by atoms with Crippen LogP contribution in [0.2, 0.25) is 0 Å². The number of halogens is 3. The number of nitrogens with zero attached hydrogens (tertiary/aromatic N) is 1. The van der Waals surface area contributed by atoms with E-state index in [4.69, 9.17) is 10.5 Å². The zero-order valence-corrected chi connectivity index (χ0v) is 13.6. The molecule has 4 nitrogen and oxygen atoms in total. The third-order valence-electron chi connectivity index (χ3n) is 3.62. The van der Waals surface area contributed by atoms with E-state index in [2.05, 4.69) is 15.9 Å². The Hall–Kier alpha value is -2.15. The Kier molecular flexibility index (Phi) is 4.21. The standard InChI is InChI=1S/C16H13BrF2N2O2/c17-9-1-2-11(14(20)5-9)16(22)21-3-4-23-15-7-10(18)6-13(19)12(15)8-21/h1-2,5-7H,3-4,8,20H2. The van der Waals surface area contributed by atoms with Gasteiger partial charge in [-0.05, 0) is 18.2 Å². The number of nitrogens with two attached hydrogens (primary N) is 1. The van der Waals surface area contributed by atoms with Crippen molar-refractivity contribution in [2.45, 2.75) is 6.54 Å². The molecule has 2 N–H and O–H groups in total. The van der Waals surface area contributed by atoms with E-state index in [1.165, 1.54) is 4.90 Å². The first-order valence-electron chi connectivity index (χ1n) is 6.90. The molecule has 0 spiro atoms. The number of amides is 1. The van der Waals surface area contributed by atoms with E-state index in [-0.39, 0.29) is 36.9 Å². The van der Waals surface area contributed by atoms with Crippen molar-refractivity contribution < 1.29 is 18.3 Å². The lowest BCUT2D eigenvalue weighted by molar-refractivity contribution is 0.0733. The van der Waals surface area contributed by atoms with Gasteiger partial charge in [0.25, 0.3) is 5.91 Å². The van der Waals surface area contributed by atoms with E-state index < -0.39 is 11.6 Å². The van der Waals surface area contributed by atoms with Crippen molar-refractivity contribution in [2.75, 3.05) is 18.9 Å². The summed E-state index contributed by atoms with van der Waals surface area (Å²) in [7, 11) is 0. The second kappa shape index (κ2) is 6.16. The monoisotopic (exact) mass is 382 g/mol. The topological polar surface area (TPSA) is 55.6 Å². The van der Waals surface area contributed by atoms with Crippen LogP contribution in [-0.4, -0.2) is 24.0 Å². The Balaban J connectivity index is 1.93. The van der Waals surface area contributed by atoms with Crippen LogP contribution in [0.4, 0.5) is 14.5 Å². The minimum atomic E-state index is -0.733. The van der Waals surface area contributed by atoms with Crippen LogP contribution < -0.4 is 10.5 Å². The van der Waals surface area contributed by atoms with Crippen LogP contribution >= 0.6 is 15.9 Å². The summed E-state index contributed by atoms with van der Waals surface area (Å²) in [6, 6.07) is 6.85. The largest absolute Gasteiger partial charge is 0.491 e. The summed E-state index contributed by atoms with van der Waals surface area (Å²) in [6.45, 7) is 0.401. The van der Waals surface area contributed by atoms with Gasteiger partial charge in [-0.1, -0.05) is 15.9 Å². The van der Waals surface area contributed by atoms with Crippen LogP contribution in [0.25, 0.3) is 0 Å². The smallest absolute Gasteiger partial charge is 0.256 e. The Morgan fingerprint density at radius 2 is 2.04 bits per heavy atom. The summed E-state index contributed by atoms with van der Waals surface area (Å²) in [5.74, 6) is -1.64. The van der Waals surface area contributed by atoms with Crippen LogP contribution in [0.1, 0.15) is 15.9 Å². The normalized spacial score (nSPS) is 14.0. The zero-order chi connectivity index (χ0) is 16.6. The molecule has 0 atom stereocenters. The van der Waals surface area contributed by atoms with Crippen molar-refractivity contribution in [1.29, 1.82) is 0 Å². The fraction of sp³-hybridized carbons (Fsp3) is 0.188. The summed E-state index contributed by atoms with van der Waals surface area (Å²) < 4.78 is 33.4. The van der Waals surface area contributed by atoms with Crippen molar-refractivity contribution in [3.05, 3.63) is 57.6 Å². The van der Waals surface area contributed by atoms with Gasteiger partial charge in [-0.25, -0.2) is 8.78 Å². The summed E-state index contributed by atoms with van der Waals surface area (Å²) in [5.41, 5.74) is 6.70. The van der Waals surface area contributed by atoms with Crippen LogP contribution in [0.3, 0.4) is 0 Å². The second-order valence-electron chi connectivity index (χ2n) is 5.17. The number of ether oxygens (including phenoxy) is 1. The average Bonchev–Trinajstić information content (AvgIpc) is 2.69. The molecular formula is C16H13BrF2N2O2. The van der Waals surface area contributed by atoms with E-state index in [0.717, 1.165) is 16.6 Å². The molecule has 1 aliphatic heterocycles. The number of hydrogen-bond acceptors (Lipinski definition) is 3. The molecule has 0 radical (unpaired) electrons. The molecule has 1 aliphatic rings. The molecule has 0 aromatic heterocycles. The highest BCUT2D eigenvalue weighted by Gasteiger charge is 2.25. The molecule has 23 heavy (non-hydrogen) atoms. The Labute approximate surface area is 140 Å². The first-order chi connectivity index (χ1) is 11.0. The molecule has 3 rings (SSSR count). The number of nitrogen functional groups attached to an aromatic ring is 1. The highest BCUT2D eigenvalue weighted by Crippen LogP contribution is 2.28. The summed E-state index contributed by atoms with van der Waals surface area (Å²) >= 11 is 3.28. The minimum absolute atomic E-state index is 0.00418. The third-order valence-corrected chi connectivity index (χ3v) is 4.11. The molecule has 0 unspecified atom stereocenters. The quantitative estimate of drug-likeness (QED) is 0.769. The molecule has 0 aliphatic carbocycles. The predicted molar refractivity (Wildman–Crippen MR) is 85.1 cm³/mol. The third kappa shape index (κ3) is 3.14. The summed E-state index contributed by atoms with van der Waals surface area (Å²) in [4.78, 5) is 14.1. The molecule has 120 valence electrons. The van der Waals surface area contributed by atoms with Crippen molar-refractivity contribution in [3.63, 3.8) is 0 Å². The number of rotatable bonds is 1. The number of benzene rings is 2. The molecule has 2 aromatic rings. The van der Waals surface area contributed by atoms with Gasteiger partial charge in [0.05, 0.1) is 18.7 Å². The maximum Gasteiger partial charge on any atom is 0.256 e.